The molecule has 0 amide bonds. The maximum atomic E-state index is 8.99. The van der Waals surface area contributed by atoms with Gasteiger partial charge >= 0.3 is 0 Å². The zero-order valence-electron chi connectivity index (χ0n) is 12.1. The number of aryl methyl sites for hydroxylation is 1. The van der Waals surface area contributed by atoms with Gasteiger partial charge in [0.2, 0.25) is 0 Å². The van der Waals surface area contributed by atoms with Gasteiger partial charge < -0.3 is 4.74 Å². The maximum absolute atomic E-state index is 8.99. The highest BCUT2D eigenvalue weighted by atomic mass is 16.5. The second-order valence-corrected chi connectivity index (χ2v) is 6.23. The summed E-state index contributed by atoms with van der Waals surface area (Å²) in [6.07, 6.45) is 3.95. The zero-order valence-corrected chi connectivity index (χ0v) is 12.1. The number of benzene rings is 1. The largest absolute Gasteiger partial charge is 0.493 e. The highest BCUT2D eigenvalue weighted by molar-refractivity contribution is 5.42. The molecule has 19 heavy (non-hydrogen) atoms. The van der Waals surface area contributed by atoms with Gasteiger partial charge in [-0.15, -0.1) is 0 Å². The van der Waals surface area contributed by atoms with Crippen LogP contribution in [0.25, 0.3) is 0 Å². The van der Waals surface area contributed by atoms with E-state index in [2.05, 4.69) is 19.9 Å². The Morgan fingerprint density at radius 1 is 1.32 bits per heavy atom. The summed E-state index contributed by atoms with van der Waals surface area (Å²) in [5.41, 5.74) is 1.72. The molecule has 102 valence electrons. The average Bonchev–Trinajstić information content (AvgIpc) is 2.33. The Hall–Kier alpha value is -1.49. The van der Waals surface area contributed by atoms with Crippen molar-refractivity contribution >= 4 is 0 Å². The molecular weight excluding hydrogens is 234 g/mol. The van der Waals surface area contributed by atoms with E-state index in [0.29, 0.717) is 11.5 Å². The Kier molecular flexibility index (Phi) is 4.47. The molecule has 0 N–H and O–H groups in total. The van der Waals surface area contributed by atoms with E-state index >= 15 is 0 Å². The lowest BCUT2D eigenvalue weighted by Crippen LogP contribution is -2.29. The summed E-state index contributed by atoms with van der Waals surface area (Å²) in [4.78, 5) is 0. The molecule has 0 radical (unpaired) electrons. The van der Waals surface area contributed by atoms with E-state index in [9.17, 15) is 0 Å². The Balaban J connectivity index is 1.77. The second kappa shape index (κ2) is 6.10. The van der Waals surface area contributed by atoms with Crippen LogP contribution in [0.15, 0.2) is 18.2 Å². The predicted octanol–water partition coefficient (Wildman–Crippen LogP) is 4.32. The third kappa shape index (κ3) is 3.73. The molecule has 2 nitrogen and oxygen atoms in total. The molecule has 1 aliphatic rings. The van der Waals surface area contributed by atoms with E-state index in [1.165, 1.54) is 19.3 Å². The normalized spacial score (nSPS) is 21.8. The summed E-state index contributed by atoms with van der Waals surface area (Å²) >= 11 is 0. The Bertz CT molecular complexity index is 467. The molecule has 1 fully saturated rings. The molecule has 0 atom stereocenters. The van der Waals surface area contributed by atoms with Crippen LogP contribution in [-0.4, -0.2) is 6.61 Å². The monoisotopic (exact) mass is 257 g/mol. The number of nitrogens with zero attached hydrogens (tertiary/aromatic N) is 1. The van der Waals surface area contributed by atoms with Crippen molar-refractivity contribution in [3.63, 3.8) is 0 Å². The first-order valence-electron chi connectivity index (χ1n) is 7.22. The van der Waals surface area contributed by atoms with Gasteiger partial charge in [0.1, 0.15) is 5.75 Å². The first-order chi connectivity index (χ1) is 9.08. The van der Waals surface area contributed by atoms with Crippen LogP contribution in [0.2, 0.25) is 0 Å². The second-order valence-electron chi connectivity index (χ2n) is 6.23. The maximum Gasteiger partial charge on any atom is 0.120 e. The first-order valence-corrected chi connectivity index (χ1v) is 7.22. The topological polar surface area (TPSA) is 33.0 Å². The molecule has 0 spiro atoms. The van der Waals surface area contributed by atoms with Gasteiger partial charge in [-0.1, -0.05) is 19.9 Å². The summed E-state index contributed by atoms with van der Waals surface area (Å²) in [6.45, 7) is 7.33. The van der Waals surface area contributed by atoms with E-state index in [1.54, 1.807) is 0 Å². The van der Waals surface area contributed by atoms with Gasteiger partial charge in [-0.25, -0.2) is 0 Å². The minimum atomic E-state index is 0.704. The van der Waals surface area contributed by atoms with Crippen LogP contribution < -0.4 is 4.74 Å². The highest BCUT2D eigenvalue weighted by Gasteiger charge is 2.29. The van der Waals surface area contributed by atoms with Crippen LogP contribution >= 0.6 is 0 Å². The van der Waals surface area contributed by atoms with Crippen molar-refractivity contribution in [1.82, 2.24) is 0 Å². The molecule has 0 saturated heterocycles. The fraction of sp³-hybridized carbons (Fsp3) is 0.588. The summed E-state index contributed by atoms with van der Waals surface area (Å²) in [6, 6.07) is 7.96. The third-order valence-electron chi connectivity index (χ3n) is 3.95. The first kappa shape index (κ1) is 13.9. The van der Waals surface area contributed by atoms with Crippen LogP contribution in [0.3, 0.4) is 0 Å². The third-order valence-corrected chi connectivity index (χ3v) is 3.95. The van der Waals surface area contributed by atoms with Crippen molar-refractivity contribution in [1.29, 1.82) is 5.26 Å². The summed E-state index contributed by atoms with van der Waals surface area (Å²) < 4.78 is 5.81. The van der Waals surface area contributed by atoms with Gasteiger partial charge in [0.05, 0.1) is 18.2 Å². The van der Waals surface area contributed by atoms with Crippen LogP contribution in [0, 0.1) is 36.0 Å². The van der Waals surface area contributed by atoms with Crippen molar-refractivity contribution in [2.45, 2.75) is 40.0 Å². The smallest absolute Gasteiger partial charge is 0.120 e. The summed E-state index contributed by atoms with van der Waals surface area (Å²) in [5, 5.41) is 8.99. The van der Waals surface area contributed by atoms with Crippen molar-refractivity contribution in [3.8, 4) is 11.8 Å². The average molecular weight is 257 g/mol. The number of nitriles is 1. The molecule has 1 aliphatic carbocycles. The van der Waals surface area contributed by atoms with Gasteiger partial charge in [0, 0.05) is 0 Å². The van der Waals surface area contributed by atoms with Crippen molar-refractivity contribution in [2.75, 3.05) is 6.61 Å². The Morgan fingerprint density at radius 3 is 2.68 bits per heavy atom. The van der Waals surface area contributed by atoms with Crippen LogP contribution in [0.1, 0.15) is 44.2 Å². The van der Waals surface area contributed by atoms with Gasteiger partial charge in [0.15, 0.2) is 0 Å². The molecule has 0 bridgehead atoms. The molecule has 2 rings (SSSR count). The van der Waals surface area contributed by atoms with E-state index in [4.69, 9.17) is 10.00 Å². The molecular formula is C17H23NO. The molecule has 1 saturated carbocycles. The predicted molar refractivity (Wildman–Crippen MR) is 77.1 cm³/mol. The van der Waals surface area contributed by atoms with E-state index in [1.807, 2.05) is 25.1 Å². The van der Waals surface area contributed by atoms with Crippen molar-refractivity contribution in [2.24, 2.45) is 17.8 Å². The molecule has 0 aromatic heterocycles. The molecule has 2 heteroatoms. The summed E-state index contributed by atoms with van der Waals surface area (Å²) in [5.74, 6) is 3.24. The molecule has 0 unspecified atom stereocenters. The number of hydrogen-bond donors (Lipinski definition) is 0. The van der Waals surface area contributed by atoms with Crippen molar-refractivity contribution < 1.29 is 4.74 Å². The van der Waals surface area contributed by atoms with Crippen LogP contribution in [0.4, 0.5) is 0 Å². The zero-order chi connectivity index (χ0) is 13.8. The minimum absolute atomic E-state index is 0.704. The van der Waals surface area contributed by atoms with Gasteiger partial charge in [-0.2, -0.15) is 5.26 Å². The lowest BCUT2D eigenvalue weighted by atomic mass is 9.72. The standard InChI is InChI=1S/C17H23NO/c1-12(2)6-14-7-15(8-14)11-19-17-5-4-13(3)16(9-17)10-18/h4-5,9,12,14-15H,6-8,11H2,1-3H3. The Labute approximate surface area is 116 Å². The molecule has 1 aromatic rings. The fourth-order valence-corrected chi connectivity index (χ4v) is 2.89. The fourth-order valence-electron chi connectivity index (χ4n) is 2.89. The van der Waals surface area contributed by atoms with E-state index < -0.39 is 0 Å². The van der Waals surface area contributed by atoms with Gasteiger partial charge in [0.25, 0.3) is 0 Å². The quantitative estimate of drug-likeness (QED) is 0.787. The molecule has 0 aliphatic heterocycles. The minimum Gasteiger partial charge on any atom is -0.493 e. The lowest BCUT2D eigenvalue weighted by molar-refractivity contribution is 0.106. The van der Waals surface area contributed by atoms with Gasteiger partial charge in [-0.3, -0.25) is 0 Å². The number of hydrogen-bond acceptors (Lipinski definition) is 2. The lowest BCUT2D eigenvalue weighted by Gasteiger charge is -2.36. The van der Waals surface area contributed by atoms with Crippen molar-refractivity contribution in [3.05, 3.63) is 29.3 Å². The number of rotatable bonds is 5. The van der Waals surface area contributed by atoms with E-state index in [0.717, 1.165) is 29.8 Å². The number of ether oxygens (including phenoxy) is 1. The van der Waals surface area contributed by atoms with Crippen LogP contribution in [-0.2, 0) is 0 Å². The van der Waals surface area contributed by atoms with Gasteiger partial charge in [-0.05, 0) is 61.6 Å². The molecule has 1 aromatic carbocycles. The highest BCUT2D eigenvalue weighted by Crippen LogP contribution is 2.38. The van der Waals surface area contributed by atoms with E-state index in [-0.39, 0.29) is 0 Å². The molecule has 0 heterocycles. The summed E-state index contributed by atoms with van der Waals surface area (Å²) in [7, 11) is 0. The van der Waals surface area contributed by atoms with Crippen LogP contribution in [0.5, 0.6) is 5.75 Å². The SMILES string of the molecule is Cc1ccc(OCC2CC(CC(C)C)C2)cc1C#N. The Morgan fingerprint density at radius 2 is 2.05 bits per heavy atom.